The Kier molecular flexibility index (Phi) is 3.85. The Balaban J connectivity index is 2.26. The molecular weight excluding hydrogens is 260 g/mol. The van der Waals surface area contributed by atoms with Crippen molar-refractivity contribution in [2.75, 3.05) is 12.8 Å². The van der Waals surface area contributed by atoms with Gasteiger partial charge >= 0.3 is 0 Å². The van der Waals surface area contributed by atoms with Crippen LogP contribution in [0.3, 0.4) is 0 Å². The van der Waals surface area contributed by atoms with Gasteiger partial charge in [0, 0.05) is 10.9 Å². The average molecular weight is 276 g/mol. The van der Waals surface area contributed by atoms with Crippen molar-refractivity contribution in [3.05, 3.63) is 39.9 Å². The SMILES string of the molecule is COc1cc(C)c(C(=O)Cc2csc(N)n2)cc1C. The highest BCUT2D eigenvalue weighted by Gasteiger charge is 2.14. The molecule has 0 unspecified atom stereocenters. The van der Waals surface area contributed by atoms with E-state index in [1.807, 2.05) is 31.4 Å². The Hall–Kier alpha value is -1.88. The monoisotopic (exact) mass is 276 g/mol. The molecule has 4 nitrogen and oxygen atoms in total. The van der Waals surface area contributed by atoms with Gasteiger partial charge in [0.15, 0.2) is 10.9 Å². The van der Waals surface area contributed by atoms with Gasteiger partial charge < -0.3 is 10.5 Å². The van der Waals surface area contributed by atoms with E-state index in [0.29, 0.717) is 10.7 Å². The molecule has 100 valence electrons. The van der Waals surface area contributed by atoms with Crippen LogP contribution in [0.1, 0.15) is 27.2 Å². The van der Waals surface area contributed by atoms with Crippen molar-refractivity contribution >= 4 is 22.3 Å². The van der Waals surface area contributed by atoms with Crippen LogP contribution >= 0.6 is 11.3 Å². The summed E-state index contributed by atoms with van der Waals surface area (Å²) in [6.07, 6.45) is 0.278. The molecule has 0 bridgehead atoms. The molecule has 0 fully saturated rings. The smallest absolute Gasteiger partial charge is 0.180 e. The molecule has 0 saturated carbocycles. The topological polar surface area (TPSA) is 65.2 Å². The van der Waals surface area contributed by atoms with Crippen LogP contribution < -0.4 is 10.5 Å². The molecule has 2 aromatic rings. The predicted molar refractivity (Wildman–Crippen MR) is 77.0 cm³/mol. The van der Waals surface area contributed by atoms with E-state index in [9.17, 15) is 4.79 Å². The summed E-state index contributed by atoms with van der Waals surface area (Å²) in [5.74, 6) is 0.848. The number of thiazole rings is 1. The van der Waals surface area contributed by atoms with Crippen molar-refractivity contribution in [2.45, 2.75) is 20.3 Å². The average Bonchev–Trinajstić information content (AvgIpc) is 2.77. The quantitative estimate of drug-likeness (QED) is 0.872. The van der Waals surface area contributed by atoms with E-state index in [1.54, 1.807) is 7.11 Å². The maximum Gasteiger partial charge on any atom is 0.180 e. The predicted octanol–water partition coefficient (Wildman–Crippen LogP) is 2.78. The van der Waals surface area contributed by atoms with Crippen molar-refractivity contribution in [1.29, 1.82) is 0 Å². The molecule has 19 heavy (non-hydrogen) atoms. The zero-order chi connectivity index (χ0) is 14.0. The van der Waals surface area contributed by atoms with Gasteiger partial charge in [0.25, 0.3) is 0 Å². The number of methoxy groups -OCH3 is 1. The lowest BCUT2D eigenvalue weighted by molar-refractivity contribution is 0.0991. The van der Waals surface area contributed by atoms with Gasteiger partial charge in [-0.1, -0.05) is 0 Å². The fourth-order valence-corrected chi connectivity index (χ4v) is 2.54. The summed E-state index contributed by atoms with van der Waals surface area (Å²) in [4.78, 5) is 16.4. The van der Waals surface area contributed by atoms with E-state index in [4.69, 9.17) is 10.5 Å². The first kappa shape index (κ1) is 13.5. The number of carbonyl (C=O) groups excluding carboxylic acids is 1. The first-order valence-corrected chi connectivity index (χ1v) is 6.77. The first-order valence-electron chi connectivity index (χ1n) is 5.89. The van der Waals surface area contributed by atoms with Crippen molar-refractivity contribution in [3.63, 3.8) is 0 Å². The number of nitrogens with zero attached hydrogens (tertiary/aromatic N) is 1. The number of anilines is 1. The fraction of sp³-hybridized carbons (Fsp3) is 0.286. The molecule has 0 saturated heterocycles. The summed E-state index contributed by atoms with van der Waals surface area (Å²) in [5.41, 5.74) is 8.87. The zero-order valence-corrected chi connectivity index (χ0v) is 12.0. The van der Waals surface area contributed by atoms with E-state index in [0.717, 1.165) is 22.6 Å². The Morgan fingerprint density at radius 1 is 1.37 bits per heavy atom. The van der Waals surface area contributed by atoms with Gasteiger partial charge in [0.2, 0.25) is 0 Å². The number of aromatic nitrogens is 1. The lowest BCUT2D eigenvalue weighted by Crippen LogP contribution is -2.07. The molecule has 1 heterocycles. The molecule has 2 rings (SSSR count). The minimum absolute atomic E-state index is 0.0496. The minimum Gasteiger partial charge on any atom is -0.496 e. The third-order valence-electron chi connectivity index (χ3n) is 2.95. The van der Waals surface area contributed by atoms with Gasteiger partial charge in [-0.2, -0.15) is 0 Å². The fourth-order valence-electron chi connectivity index (χ4n) is 1.97. The van der Waals surface area contributed by atoms with Crippen LogP contribution in [0.4, 0.5) is 5.13 Å². The Morgan fingerprint density at radius 3 is 2.68 bits per heavy atom. The third kappa shape index (κ3) is 2.93. The summed E-state index contributed by atoms with van der Waals surface area (Å²) in [6.45, 7) is 3.83. The van der Waals surface area contributed by atoms with Crippen LogP contribution in [0, 0.1) is 13.8 Å². The summed E-state index contributed by atoms with van der Waals surface area (Å²) < 4.78 is 5.24. The Labute approximate surface area is 116 Å². The van der Waals surface area contributed by atoms with Crippen molar-refractivity contribution in [3.8, 4) is 5.75 Å². The van der Waals surface area contributed by atoms with Crippen LogP contribution in [-0.2, 0) is 6.42 Å². The second kappa shape index (κ2) is 5.40. The number of nitrogens with two attached hydrogens (primary N) is 1. The highest BCUT2D eigenvalue weighted by Crippen LogP contribution is 2.24. The standard InChI is InChI=1S/C14H16N2O2S/c1-8-5-13(18-3)9(2)4-11(8)12(17)6-10-7-19-14(15)16-10/h4-5,7H,6H2,1-3H3,(H2,15,16). The van der Waals surface area contributed by atoms with Gasteiger partial charge in [-0.15, -0.1) is 11.3 Å². The number of aryl methyl sites for hydroxylation is 2. The maximum atomic E-state index is 12.3. The van der Waals surface area contributed by atoms with E-state index < -0.39 is 0 Å². The number of carbonyl (C=O) groups is 1. The number of hydrogen-bond acceptors (Lipinski definition) is 5. The second-order valence-corrected chi connectivity index (χ2v) is 5.30. The van der Waals surface area contributed by atoms with E-state index in [1.165, 1.54) is 11.3 Å². The summed E-state index contributed by atoms with van der Waals surface area (Å²) in [5, 5.41) is 2.31. The molecule has 0 radical (unpaired) electrons. The van der Waals surface area contributed by atoms with E-state index in [2.05, 4.69) is 4.98 Å². The number of hydrogen-bond donors (Lipinski definition) is 1. The Morgan fingerprint density at radius 2 is 2.11 bits per heavy atom. The number of ether oxygens (including phenoxy) is 1. The van der Waals surface area contributed by atoms with E-state index in [-0.39, 0.29) is 12.2 Å². The van der Waals surface area contributed by atoms with Crippen molar-refractivity contribution in [1.82, 2.24) is 4.98 Å². The zero-order valence-electron chi connectivity index (χ0n) is 11.2. The third-order valence-corrected chi connectivity index (χ3v) is 3.68. The van der Waals surface area contributed by atoms with Crippen LogP contribution in [0.25, 0.3) is 0 Å². The molecule has 0 aliphatic carbocycles. The summed E-state index contributed by atoms with van der Waals surface area (Å²) >= 11 is 1.35. The van der Waals surface area contributed by atoms with Gasteiger partial charge in [-0.05, 0) is 37.1 Å². The first-order chi connectivity index (χ1) is 9.01. The molecule has 0 spiro atoms. The molecule has 0 aliphatic rings. The molecule has 0 aliphatic heterocycles. The number of rotatable bonds is 4. The minimum atomic E-state index is 0.0496. The maximum absolute atomic E-state index is 12.3. The van der Waals surface area contributed by atoms with E-state index >= 15 is 0 Å². The molecule has 5 heteroatoms. The molecule has 2 N–H and O–H groups in total. The van der Waals surface area contributed by atoms with Crippen LogP contribution in [0.15, 0.2) is 17.5 Å². The largest absolute Gasteiger partial charge is 0.496 e. The lowest BCUT2D eigenvalue weighted by atomic mass is 9.99. The number of nitrogen functional groups attached to an aromatic ring is 1. The highest BCUT2D eigenvalue weighted by atomic mass is 32.1. The van der Waals surface area contributed by atoms with Crippen LogP contribution in [0.5, 0.6) is 5.75 Å². The summed E-state index contributed by atoms with van der Waals surface area (Å²) in [7, 11) is 1.63. The van der Waals surface area contributed by atoms with Crippen molar-refractivity contribution < 1.29 is 9.53 Å². The van der Waals surface area contributed by atoms with Gasteiger partial charge in [-0.3, -0.25) is 4.79 Å². The van der Waals surface area contributed by atoms with Crippen molar-refractivity contribution in [2.24, 2.45) is 0 Å². The highest BCUT2D eigenvalue weighted by molar-refractivity contribution is 7.13. The van der Waals surface area contributed by atoms with Gasteiger partial charge in [-0.25, -0.2) is 4.98 Å². The van der Waals surface area contributed by atoms with Gasteiger partial charge in [0.1, 0.15) is 5.75 Å². The van der Waals surface area contributed by atoms with Gasteiger partial charge in [0.05, 0.1) is 19.2 Å². The molecule has 0 atom stereocenters. The van der Waals surface area contributed by atoms with Crippen LogP contribution in [0.2, 0.25) is 0 Å². The number of benzene rings is 1. The Bertz CT molecular complexity index is 620. The molecule has 0 amide bonds. The molecule has 1 aromatic heterocycles. The summed E-state index contributed by atoms with van der Waals surface area (Å²) in [6, 6.07) is 3.75. The normalized spacial score (nSPS) is 10.5. The second-order valence-electron chi connectivity index (χ2n) is 4.41. The van der Waals surface area contributed by atoms with Crippen LogP contribution in [-0.4, -0.2) is 17.9 Å². The molecular formula is C14H16N2O2S. The lowest BCUT2D eigenvalue weighted by Gasteiger charge is -2.10. The number of Topliss-reactive ketones (excluding diaryl/α,β-unsaturated/α-hetero) is 1. The molecule has 1 aromatic carbocycles. The number of ketones is 1.